The van der Waals surface area contributed by atoms with Gasteiger partial charge in [-0.3, -0.25) is 4.90 Å². The summed E-state index contributed by atoms with van der Waals surface area (Å²) in [5.41, 5.74) is 5.97. The van der Waals surface area contributed by atoms with Crippen molar-refractivity contribution in [3.63, 3.8) is 0 Å². The number of piperidine rings is 1. The van der Waals surface area contributed by atoms with Crippen LogP contribution in [0.2, 0.25) is 0 Å². The van der Waals surface area contributed by atoms with Crippen molar-refractivity contribution in [1.82, 2.24) is 4.90 Å². The monoisotopic (exact) mass is 300 g/mol. The fourth-order valence-corrected chi connectivity index (χ4v) is 3.18. The lowest BCUT2D eigenvalue weighted by atomic mass is 9.90. The Kier molecular flexibility index (Phi) is 4.94. The van der Waals surface area contributed by atoms with E-state index < -0.39 is 11.7 Å². The molecule has 2 rings (SSSR count). The van der Waals surface area contributed by atoms with E-state index in [0.717, 1.165) is 25.5 Å². The number of halogens is 3. The van der Waals surface area contributed by atoms with Crippen LogP contribution in [0.5, 0.6) is 0 Å². The third-order valence-electron chi connectivity index (χ3n) is 4.49. The Morgan fingerprint density at radius 1 is 1.38 bits per heavy atom. The van der Waals surface area contributed by atoms with Gasteiger partial charge in [0.05, 0.1) is 5.56 Å². The van der Waals surface area contributed by atoms with Crippen molar-refractivity contribution in [3.8, 4) is 0 Å². The molecule has 1 aromatic carbocycles. The molecule has 1 fully saturated rings. The molecule has 118 valence electrons. The van der Waals surface area contributed by atoms with Crippen molar-refractivity contribution in [2.24, 2.45) is 11.7 Å². The van der Waals surface area contributed by atoms with Gasteiger partial charge in [0.15, 0.2) is 0 Å². The largest absolute Gasteiger partial charge is 0.416 e. The maximum absolute atomic E-state index is 12.8. The highest BCUT2D eigenvalue weighted by Crippen LogP contribution is 2.34. The number of alkyl halides is 3. The van der Waals surface area contributed by atoms with Gasteiger partial charge < -0.3 is 5.73 Å². The molecule has 3 unspecified atom stereocenters. The second-order valence-electron chi connectivity index (χ2n) is 6.06. The molecular formula is C16H23F3N2. The van der Waals surface area contributed by atoms with Crippen molar-refractivity contribution in [2.75, 3.05) is 13.1 Å². The van der Waals surface area contributed by atoms with E-state index in [1.165, 1.54) is 12.1 Å². The Hall–Kier alpha value is -1.07. The summed E-state index contributed by atoms with van der Waals surface area (Å²) in [5.74, 6) is 0.628. The average molecular weight is 300 g/mol. The van der Waals surface area contributed by atoms with Crippen molar-refractivity contribution >= 4 is 0 Å². The molecule has 21 heavy (non-hydrogen) atoms. The summed E-state index contributed by atoms with van der Waals surface area (Å²) in [7, 11) is 0. The Balaban J connectivity index is 2.21. The van der Waals surface area contributed by atoms with Gasteiger partial charge in [-0.2, -0.15) is 13.2 Å². The average Bonchev–Trinajstić information content (AvgIpc) is 2.45. The zero-order chi connectivity index (χ0) is 15.6. The van der Waals surface area contributed by atoms with E-state index in [4.69, 9.17) is 5.73 Å². The van der Waals surface area contributed by atoms with E-state index in [0.29, 0.717) is 18.0 Å². The summed E-state index contributed by atoms with van der Waals surface area (Å²) in [4.78, 5) is 2.25. The molecule has 0 aromatic heterocycles. The molecule has 1 heterocycles. The van der Waals surface area contributed by atoms with Crippen LogP contribution in [0.3, 0.4) is 0 Å². The van der Waals surface area contributed by atoms with Crippen LogP contribution in [0.25, 0.3) is 0 Å². The molecule has 1 aliphatic heterocycles. The Morgan fingerprint density at radius 2 is 2.10 bits per heavy atom. The topological polar surface area (TPSA) is 29.3 Å². The van der Waals surface area contributed by atoms with Gasteiger partial charge in [0.25, 0.3) is 0 Å². The van der Waals surface area contributed by atoms with E-state index in [1.807, 2.05) is 6.92 Å². The van der Waals surface area contributed by atoms with E-state index in [9.17, 15) is 13.2 Å². The van der Waals surface area contributed by atoms with Crippen LogP contribution in [-0.4, -0.2) is 24.0 Å². The number of likely N-dealkylation sites (tertiary alicyclic amines) is 1. The maximum atomic E-state index is 12.8. The van der Waals surface area contributed by atoms with Crippen molar-refractivity contribution in [2.45, 2.75) is 44.9 Å². The van der Waals surface area contributed by atoms with E-state index in [-0.39, 0.29) is 12.1 Å². The molecule has 2 nitrogen and oxygen atoms in total. The highest BCUT2D eigenvalue weighted by atomic mass is 19.4. The molecule has 2 N–H and O–H groups in total. The zero-order valence-corrected chi connectivity index (χ0v) is 12.5. The van der Waals surface area contributed by atoms with Gasteiger partial charge in [-0.15, -0.1) is 0 Å². The van der Waals surface area contributed by atoms with Crippen molar-refractivity contribution in [1.29, 1.82) is 0 Å². The van der Waals surface area contributed by atoms with Crippen LogP contribution in [0.4, 0.5) is 13.2 Å². The van der Waals surface area contributed by atoms with Gasteiger partial charge in [0.2, 0.25) is 0 Å². The molecular weight excluding hydrogens is 277 g/mol. The fourth-order valence-electron chi connectivity index (χ4n) is 3.18. The Morgan fingerprint density at radius 3 is 2.71 bits per heavy atom. The first-order valence-corrected chi connectivity index (χ1v) is 7.46. The third kappa shape index (κ3) is 3.77. The predicted molar refractivity (Wildman–Crippen MR) is 77.8 cm³/mol. The van der Waals surface area contributed by atoms with E-state index >= 15 is 0 Å². The number of hydrogen-bond donors (Lipinski definition) is 1. The summed E-state index contributed by atoms with van der Waals surface area (Å²) < 4.78 is 38.5. The molecule has 0 spiro atoms. The number of nitrogens with two attached hydrogens (primary N) is 1. The highest BCUT2D eigenvalue weighted by molar-refractivity contribution is 5.28. The number of benzene rings is 1. The van der Waals surface area contributed by atoms with Gasteiger partial charge in [0.1, 0.15) is 0 Å². The molecule has 1 saturated heterocycles. The lowest BCUT2D eigenvalue weighted by molar-refractivity contribution is -0.137. The molecule has 0 aliphatic carbocycles. The Labute approximate surface area is 124 Å². The second-order valence-corrected chi connectivity index (χ2v) is 6.06. The first-order chi connectivity index (χ1) is 9.82. The summed E-state index contributed by atoms with van der Waals surface area (Å²) in [6.45, 7) is 5.61. The number of nitrogens with zero attached hydrogens (tertiary/aromatic N) is 1. The molecule has 0 saturated carbocycles. The van der Waals surface area contributed by atoms with Crippen LogP contribution in [-0.2, 0) is 6.18 Å². The molecule has 3 atom stereocenters. The zero-order valence-electron chi connectivity index (χ0n) is 12.5. The third-order valence-corrected chi connectivity index (χ3v) is 4.49. The fraction of sp³-hybridized carbons (Fsp3) is 0.625. The number of rotatable bonds is 3. The predicted octanol–water partition coefficient (Wildman–Crippen LogP) is 3.83. The van der Waals surface area contributed by atoms with Gasteiger partial charge in [-0.25, -0.2) is 0 Å². The molecule has 5 heteroatoms. The maximum Gasteiger partial charge on any atom is 0.416 e. The summed E-state index contributed by atoms with van der Waals surface area (Å²) in [6.07, 6.45) is -2.21. The first-order valence-electron chi connectivity index (χ1n) is 7.46. The molecule has 0 bridgehead atoms. The van der Waals surface area contributed by atoms with E-state index in [2.05, 4.69) is 11.8 Å². The van der Waals surface area contributed by atoms with Crippen molar-refractivity contribution in [3.05, 3.63) is 35.4 Å². The van der Waals surface area contributed by atoms with Gasteiger partial charge in [0, 0.05) is 18.6 Å². The van der Waals surface area contributed by atoms with Crippen LogP contribution in [0, 0.1) is 5.92 Å². The van der Waals surface area contributed by atoms with Crippen LogP contribution < -0.4 is 5.73 Å². The SMILES string of the molecule is CC1CCN(C(C)c2cccc(C(F)(F)F)c2)C(CN)C1. The Bertz CT molecular complexity index is 473. The summed E-state index contributed by atoms with van der Waals surface area (Å²) >= 11 is 0. The minimum atomic E-state index is -4.29. The van der Waals surface area contributed by atoms with Crippen LogP contribution >= 0.6 is 0 Å². The quantitative estimate of drug-likeness (QED) is 0.919. The van der Waals surface area contributed by atoms with E-state index in [1.54, 1.807) is 6.07 Å². The normalized spacial score (nSPS) is 25.8. The lowest BCUT2D eigenvalue weighted by Crippen LogP contribution is -2.47. The minimum Gasteiger partial charge on any atom is -0.329 e. The smallest absolute Gasteiger partial charge is 0.329 e. The van der Waals surface area contributed by atoms with Gasteiger partial charge >= 0.3 is 6.18 Å². The second kappa shape index (κ2) is 6.36. The van der Waals surface area contributed by atoms with Crippen molar-refractivity contribution < 1.29 is 13.2 Å². The summed E-state index contributed by atoms with van der Waals surface area (Å²) in [5, 5.41) is 0. The van der Waals surface area contributed by atoms with Crippen LogP contribution in [0.1, 0.15) is 43.9 Å². The van der Waals surface area contributed by atoms with Crippen LogP contribution in [0.15, 0.2) is 24.3 Å². The molecule has 0 radical (unpaired) electrons. The molecule has 1 aromatic rings. The standard InChI is InChI=1S/C16H23F3N2/c1-11-6-7-21(15(8-11)10-20)12(2)13-4-3-5-14(9-13)16(17,18)19/h3-5,9,11-12,15H,6-8,10,20H2,1-2H3. The van der Waals surface area contributed by atoms with Gasteiger partial charge in [-0.05, 0) is 49.9 Å². The highest BCUT2D eigenvalue weighted by Gasteiger charge is 2.33. The summed E-state index contributed by atoms with van der Waals surface area (Å²) in [6, 6.07) is 5.83. The lowest BCUT2D eigenvalue weighted by Gasteiger charge is -2.42. The molecule has 1 aliphatic rings. The first kappa shape index (κ1) is 16.3. The van der Waals surface area contributed by atoms with Gasteiger partial charge in [-0.1, -0.05) is 19.1 Å². The molecule has 0 amide bonds. The number of hydrogen-bond acceptors (Lipinski definition) is 2. The minimum absolute atomic E-state index is 0.0478.